The summed E-state index contributed by atoms with van der Waals surface area (Å²) in [6, 6.07) is 12.3. The number of likely N-dealkylation sites (N-methyl/N-ethyl adjacent to an activating group) is 1. The summed E-state index contributed by atoms with van der Waals surface area (Å²) < 4.78 is 12.3. The Morgan fingerprint density at radius 3 is 2.69 bits per heavy atom. The lowest BCUT2D eigenvalue weighted by atomic mass is 10.0. The van der Waals surface area contributed by atoms with Crippen molar-refractivity contribution in [2.24, 2.45) is 0 Å². The number of hydrogen-bond donors (Lipinski definition) is 2. The molecule has 5 rings (SSSR count). The van der Waals surface area contributed by atoms with Gasteiger partial charge in [0.2, 0.25) is 0 Å². The molecule has 3 aromatic rings. The van der Waals surface area contributed by atoms with E-state index in [0.29, 0.717) is 23.7 Å². The van der Waals surface area contributed by atoms with Crippen LogP contribution in [0.1, 0.15) is 56.7 Å². The minimum absolute atomic E-state index is 0.0603. The molecule has 2 N–H and O–H groups in total. The summed E-state index contributed by atoms with van der Waals surface area (Å²) in [4.78, 5) is 29.4. The minimum Gasteiger partial charge on any atom is -0.490 e. The lowest BCUT2D eigenvalue weighted by Gasteiger charge is -2.28. The molecule has 9 heteroatoms. The summed E-state index contributed by atoms with van der Waals surface area (Å²) in [6.07, 6.45) is 0.481. The average Bonchev–Trinajstić information content (AvgIpc) is 3.23. The van der Waals surface area contributed by atoms with E-state index < -0.39 is 12.1 Å². The largest absolute Gasteiger partial charge is 0.490 e. The fraction of sp³-hybridized carbons (Fsp3) is 0.308. The van der Waals surface area contributed by atoms with E-state index >= 15 is 0 Å². The topological polar surface area (TPSA) is 79.9 Å². The predicted molar refractivity (Wildman–Crippen MR) is 140 cm³/mol. The maximum atomic E-state index is 13.1. The minimum atomic E-state index is -0.467. The van der Waals surface area contributed by atoms with Crippen LogP contribution in [0.4, 0.5) is 5.00 Å². The molecule has 0 spiro atoms. The zero-order chi connectivity index (χ0) is 24.5. The average molecular weight is 556 g/mol. The zero-order valence-electron chi connectivity index (χ0n) is 19.5. The normalized spacial score (nSPS) is 17.1. The van der Waals surface area contributed by atoms with Gasteiger partial charge in [-0.3, -0.25) is 9.69 Å². The van der Waals surface area contributed by atoms with Crippen molar-refractivity contribution in [1.29, 1.82) is 0 Å². The Morgan fingerprint density at radius 1 is 1.14 bits per heavy atom. The second-order valence-corrected chi connectivity index (χ2v) is 10.4. The molecule has 182 valence electrons. The van der Waals surface area contributed by atoms with Gasteiger partial charge in [0.05, 0.1) is 17.7 Å². The number of thiophene rings is 1. The highest BCUT2D eigenvalue weighted by molar-refractivity contribution is 9.10. The van der Waals surface area contributed by atoms with Gasteiger partial charge in [0.15, 0.2) is 11.5 Å². The number of benzene rings is 2. The predicted octanol–water partition coefficient (Wildman–Crippen LogP) is 5.36. The Labute approximate surface area is 216 Å². The maximum Gasteiger partial charge on any atom is 0.343 e. The molecule has 3 heterocycles. The van der Waals surface area contributed by atoms with Crippen molar-refractivity contribution < 1.29 is 19.1 Å². The molecule has 0 bridgehead atoms. The van der Waals surface area contributed by atoms with E-state index in [1.54, 1.807) is 41.7 Å². The Morgan fingerprint density at radius 2 is 1.94 bits per heavy atom. The van der Waals surface area contributed by atoms with E-state index in [0.717, 1.165) is 46.7 Å². The van der Waals surface area contributed by atoms with E-state index in [1.807, 2.05) is 19.1 Å². The molecule has 2 aromatic carbocycles. The van der Waals surface area contributed by atoms with Crippen LogP contribution in [0, 0.1) is 0 Å². The number of carbonyl (C=O) groups is 2. The third-order valence-electron chi connectivity index (χ3n) is 6.24. The quantitative estimate of drug-likeness (QED) is 0.315. The van der Waals surface area contributed by atoms with Gasteiger partial charge in [0.25, 0.3) is 5.91 Å². The maximum absolute atomic E-state index is 13.1. The summed E-state index contributed by atoms with van der Waals surface area (Å²) in [5.41, 5.74) is 3.21. The third-order valence-corrected chi connectivity index (χ3v) is 7.92. The molecule has 0 saturated carbocycles. The summed E-state index contributed by atoms with van der Waals surface area (Å²) in [5.74, 6) is 0.249. The number of nitrogens with zero attached hydrogens (tertiary/aromatic N) is 1. The van der Waals surface area contributed by atoms with Crippen LogP contribution in [0.15, 0.2) is 46.9 Å². The van der Waals surface area contributed by atoms with Crippen LogP contribution < -0.4 is 20.1 Å². The van der Waals surface area contributed by atoms with Crippen molar-refractivity contribution in [2.45, 2.75) is 33.0 Å². The summed E-state index contributed by atoms with van der Waals surface area (Å²) in [5, 5.41) is 7.49. The first kappa shape index (κ1) is 23.8. The first-order chi connectivity index (χ1) is 17.0. The van der Waals surface area contributed by atoms with E-state index in [4.69, 9.17) is 9.47 Å². The fourth-order valence-corrected chi connectivity index (χ4v) is 5.99. The van der Waals surface area contributed by atoms with Gasteiger partial charge < -0.3 is 20.1 Å². The molecule has 0 fully saturated rings. The number of carbonyl (C=O) groups excluding carboxylic acids is 2. The standard InChI is InChI=1S/C26H26BrN3O4S/c1-3-30-12-11-18-21(14-30)35-25-22(18)24(31)28-23(29-25)16-7-10-19(20(13-16)33-4-2)34-26(32)15-5-8-17(27)9-6-15/h5-10,13,23,29H,3-4,11-12,14H2,1-2H3,(H,28,31). The number of anilines is 1. The highest BCUT2D eigenvalue weighted by Gasteiger charge is 2.33. The van der Waals surface area contributed by atoms with Crippen LogP contribution >= 0.6 is 27.3 Å². The first-order valence-electron chi connectivity index (χ1n) is 11.7. The molecule has 2 aliphatic rings. The second kappa shape index (κ2) is 10.0. The summed E-state index contributed by atoms with van der Waals surface area (Å²) in [7, 11) is 0. The van der Waals surface area contributed by atoms with Gasteiger partial charge in [-0.05, 0) is 67.4 Å². The number of ether oxygens (including phenoxy) is 2. The highest BCUT2D eigenvalue weighted by Crippen LogP contribution is 2.41. The molecular weight excluding hydrogens is 530 g/mol. The molecule has 1 atom stereocenters. The van der Waals surface area contributed by atoms with Gasteiger partial charge in [0, 0.05) is 22.4 Å². The van der Waals surface area contributed by atoms with Crippen LogP contribution in [0.2, 0.25) is 0 Å². The molecule has 2 aliphatic heterocycles. The molecule has 1 unspecified atom stereocenters. The Hall–Kier alpha value is -2.88. The Balaban J connectivity index is 1.38. The Kier molecular flexibility index (Phi) is 6.82. The molecule has 35 heavy (non-hydrogen) atoms. The lowest BCUT2D eigenvalue weighted by Crippen LogP contribution is -2.38. The third kappa shape index (κ3) is 4.80. The number of halogens is 1. The number of nitrogens with one attached hydrogen (secondary N) is 2. The van der Waals surface area contributed by atoms with E-state index in [1.165, 1.54) is 10.4 Å². The van der Waals surface area contributed by atoms with Gasteiger partial charge in [-0.25, -0.2) is 4.79 Å². The van der Waals surface area contributed by atoms with Gasteiger partial charge in [-0.1, -0.05) is 28.9 Å². The molecule has 0 saturated heterocycles. The molecule has 0 radical (unpaired) electrons. The fourth-order valence-electron chi connectivity index (χ4n) is 4.41. The van der Waals surface area contributed by atoms with Gasteiger partial charge >= 0.3 is 5.97 Å². The van der Waals surface area contributed by atoms with Crippen LogP contribution in [0.25, 0.3) is 0 Å². The zero-order valence-corrected chi connectivity index (χ0v) is 21.9. The number of amides is 1. The van der Waals surface area contributed by atoms with Crippen molar-refractivity contribution in [3.8, 4) is 11.5 Å². The van der Waals surface area contributed by atoms with Gasteiger partial charge in [-0.2, -0.15) is 0 Å². The van der Waals surface area contributed by atoms with Crippen LogP contribution in [0.5, 0.6) is 11.5 Å². The number of esters is 1. The SMILES string of the molecule is CCOc1cc(C2NC(=O)c3c(sc4c3CCN(CC)C4)N2)ccc1OC(=O)c1ccc(Br)cc1. The summed E-state index contributed by atoms with van der Waals surface area (Å²) in [6.45, 7) is 7.30. The van der Waals surface area contributed by atoms with Crippen LogP contribution in [0.3, 0.4) is 0 Å². The van der Waals surface area contributed by atoms with Gasteiger partial charge in [-0.15, -0.1) is 11.3 Å². The van der Waals surface area contributed by atoms with Crippen molar-refractivity contribution >= 4 is 44.1 Å². The monoisotopic (exact) mass is 555 g/mol. The van der Waals surface area contributed by atoms with Crippen molar-refractivity contribution in [3.05, 3.63) is 74.1 Å². The van der Waals surface area contributed by atoms with E-state index in [2.05, 4.69) is 38.4 Å². The molecule has 7 nitrogen and oxygen atoms in total. The summed E-state index contributed by atoms with van der Waals surface area (Å²) >= 11 is 5.03. The highest BCUT2D eigenvalue weighted by atomic mass is 79.9. The van der Waals surface area contributed by atoms with Crippen molar-refractivity contribution in [2.75, 3.05) is 25.0 Å². The van der Waals surface area contributed by atoms with E-state index in [9.17, 15) is 9.59 Å². The molecule has 1 amide bonds. The van der Waals surface area contributed by atoms with Crippen molar-refractivity contribution in [1.82, 2.24) is 10.2 Å². The van der Waals surface area contributed by atoms with E-state index in [-0.39, 0.29) is 5.91 Å². The number of rotatable bonds is 6. The molecule has 1 aromatic heterocycles. The molecule has 0 aliphatic carbocycles. The molecular formula is C26H26BrN3O4S. The lowest BCUT2D eigenvalue weighted by molar-refractivity contribution is 0.0728. The van der Waals surface area contributed by atoms with Crippen LogP contribution in [-0.2, 0) is 13.0 Å². The Bertz CT molecular complexity index is 1270. The number of hydrogen-bond acceptors (Lipinski definition) is 7. The first-order valence-corrected chi connectivity index (χ1v) is 13.3. The second-order valence-electron chi connectivity index (χ2n) is 8.41. The van der Waals surface area contributed by atoms with Gasteiger partial charge in [0.1, 0.15) is 11.2 Å². The number of fused-ring (bicyclic) bond motifs is 3. The van der Waals surface area contributed by atoms with Crippen molar-refractivity contribution in [3.63, 3.8) is 0 Å². The smallest absolute Gasteiger partial charge is 0.343 e. The van der Waals surface area contributed by atoms with Crippen LogP contribution in [-0.4, -0.2) is 36.5 Å².